The van der Waals surface area contributed by atoms with E-state index in [0.29, 0.717) is 23.8 Å². The van der Waals surface area contributed by atoms with E-state index in [1.54, 1.807) is 57.6 Å². The molecule has 2 aromatic rings. The van der Waals surface area contributed by atoms with Crippen LogP contribution in [-0.2, 0) is 11.2 Å². The fourth-order valence-corrected chi connectivity index (χ4v) is 3.38. The second kappa shape index (κ2) is 8.69. The van der Waals surface area contributed by atoms with Crippen LogP contribution in [0.25, 0.3) is 6.08 Å². The van der Waals surface area contributed by atoms with Crippen LogP contribution >= 0.6 is 0 Å². The minimum absolute atomic E-state index is 0.0696. The van der Waals surface area contributed by atoms with Crippen LogP contribution in [-0.4, -0.2) is 40.9 Å². The average molecular weight is 383 g/mol. The Morgan fingerprint density at radius 1 is 0.964 bits per heavy atom. The molecular weight excluding hydrogens is 358 g/mol. The summed E-state index contributed by atoms with van der Waals surface area (Å²) in [5.41, 5.74) is 2.85. The highest BCUT2D eigenvalue weighted by Gasteiger charge is 2.21. The number of benzene rings is 2. The van der Waals surface area contributed by atoms with E-state index < -0.39 is 0 Å². The SMILES string of the molecule is COc1ccc2c(c1)CCCN2C(=O)/C=C/c1cc(OC)c(OC)c(OC)c1. The Kier molecular flexibility index (Phi) is 6.09. The van der Waals surface area contributed by atoms with Crippen LogP contribution in [0.15, 0.2) is 36.4 Å². The smallest absolute Gasteiger partial charge is 0.250 e. The molecular formula is C22H25NO5. The molecule has 0 spiro atoms. The lowest BCUT2D eigenvalue weighted by molar-refractivity contribution is -0.114. The highest BCUT2D eigenvalue weighted by molar-refractivity contribution is 6.04. The van der Waals surface area contributed by atoms with E-state index in [1.165, 1.54) is 0 Å². The van der Waals surface area contributed by atoms with Crippen molar-refractivity contribution < 1.29 is 23.7 Å². The lowest BCUT2D eigenvalue weighted by Crippen LogP contribution is -2.34. The van der Waals surface area contributed by atoms with Crippen LogP contribution in [0.3, 0.4) is 0 Å². The van der Waals surface area contributed by atoms with Crippen molar-refractivity contribution in [3.63, 3.8) is 0 Å². The number of ether oxygens (including phenoxy) is 4. The number of methoxy groups -OCH3 is 4. The Morgan fingerprint density at radius 2 is 1.68 bits per heavy atom. The fourth-order valence-electron chi connectivity index (χ4n) is 3.38. The topological polar surface area (TPSA) is 57.2 Å². The predicted molar refractivity (Wildman–Crippen MR) is 109 cm³/mol. The maximum atomic E-state index is 12.8. The van der Waals surface area contributed by atoms with E-state index >= 15 is 0 Å². The summed E-state index contributed by atoms with van der Waals surface area (Å²) in [7, 11) is 6.33. The molecule has 0 saturated heterocycles. The lowest BCUT2D eigenvalue weighted by Gasteiger charge is -2.29. The van der Waals surface area contributed by atoms with E-state index in [0.717, 1.165) is 35.4 Å². The lowest BCUT2D eigenvalue weighted by atomic mass is 10.0. The molecule has 148 valence electrons. The summed E-state index contributed by atoms with van der Waals surface area (Å²) in [5, 5.41) is 0. The number of nitrogens with zero attached hydrogens (tertiary/aromatic N) is 1. The third-order valence-corrected chi connectivity index (χ3v) is 4.78. The van der Waals surface area contributed by atoms with Gasteiger partial charge in [-0.15, -0.1) is 0 Å². The molecule has 0 N–H and O–H groups in total. The monoisotopic (exact) mass is 383 g/mol. The largest absolute Gasteiger partial charge is 0.497 e. The van der Waals surface area contributed by atoms with Gasteiger partial charge in [0.05, 0.1) is 28.4 Å². The number of carbonyl (C=O) groups excluding carboxylic acids is 1. The van der Waals surface area contributed by atoms with Crippen LogP contribution in [0, 0.1) is 0 Å². The first-order valence-corrected chi connectivity index (χ1v) is 9.07. The van der Waals surface area contributed by atoms with Crippen molar-refractivity contribution in [2.45, 2.75) is 12.8 Å². The van der Waals surface area contributed by atoms with E-state index in [2.05, 4.69) is 0 Å². The number of anilines is 1. The molecule has 0 unspecified atom stereocenters. The van der Waals surface area contributed by atoms with Gasteiger partial charge in [-0.2, -0.15) is 0 Å². The molecule has 0 atom stereocenters. The zero-order chi connectivity index (χ0) is 20.1. The van der Waals surface area contributed by atoms with Gasteiger partial charge < -0.3 is 23.8 Å². The number of hydrogen-bond donors (Lipinski definition) is 0. The second-order valence-corrected chi connectivity index (χ2v) is 6.38. The molecule has 28 heavy (non-hydrogen) atoms. The summed E-state index contributed by atoms with van der Waals surface area (Å²) in [6.07, 6.45) is 5.18. The Labute approximate surface area is 165 Å². The van der Waals surface area contributed by atoms with Crippen molar-refractivity contribution in [2.75, 3.05) is 39.9 Å². The molecule has 1 aliphatic rings. The molecule has 3 rings (SSSR count). The Morgan fingerprint density at radius 3 is 2.29 bits per heavy atom. The van der Waals surface area contributed by atoms with E-state index in [-0.39, 0.29) is 5.91 Å². The van der Waals surface area contributed by atoms with Gasteiger partial charge >= 0.3 is 0 Å². The van der Waals surface area contributed by atoms with Crippen molar-refractivity contribution in [3.8, 4) is 23.0 Å². The van der Waals surface area contributed by atoms with Gasteiger partial charge in [0.1, 0.15) is 5.75 Å². The summed E-state index contributed by atoms with van der Waals surface area (Å²) < 4.78 is 21.4. The second-order valence-electron chi connectivity index (χ2n) is 6.38. The van der Waals surface area contributed by atoms with E-state index in [9.17, 15) is 4.79 Å². The van der Waals surface area contributed by atoms with Gasteiger partial charge in [-0.1, -0.05) is 0 Å². The van der Waals surface area contributed by atoms with Crippen LogP contribution in [0.4, 0.5) is 5.69 Å². The molecule has 0 aliphatic carbocycles. The van der Waals surface area contributed by atoms with E-state index in [4.69, 9.17) is 18.9 Å². The molecule has 0 aromatic heterocycles. The quantitative estimate of drug-likeness (QED) is 0.712. The third-order valence-electron chi connectivity index (χ3n) is 4.78. The van der Waals surface area contributed by atoms with Gasteiger partial charge in [0.15, 0.2) is 11.5 Å². The predicted octanol–water partition coefficient (Wildman–Crippen LogP) is 3.71. The van der Waals surface area contributed by atoms with Crippen molar-refractivity contribution in [1.29, 1.82) is 0 Å². The molecule has 1 heterocycles. The molecule has 6 heteroatoms. The number of amides is 1. The average Bonchev–Trinajstić information content (AvgIpc) is 2.75. The maximum absolute atomic E-state index is 12.8. The zero-order valence-corrected chi connectivity index (χ0v) is 16.7. The third kappa shape index (κ3) is 3.91. The molecule has 1 amide bonds. The molecule has 1 aliphatic heterocycles. The normalized spacial score (nSPS) is 13.2. The molecule has 0 radical (unpaired) electrons. The first-order chi connectivity index (χ1) is 13.6. The molecule has 2 aromatic carbocycles. The van der Waals surface area contributed by atoms with Crippen molar-refractivity contribution in [3.05, 3.63) is 47.5 Å². The fraction of sp³-hybridized carbons (Fsp3) is 0.318. The van der Waals surface area contributed by atoms with Gasteiger partial charge in [0.2, 0.25) is 5.75 Å². The van der Waals surface area contributed by atoms with Crippen LogP contribution in [0.2, 0.25) is 0 Å². The Balaban J connectivity index is 1.85. The number of aryl methyl sites for hydroxylation is 1. The summed E-state index contributed by atoms with van der Waals surface area (Å²) >= 11 is 0. The van der Waals surface area contributed by atoms with Crippen LogP contribution in [0.5, 0.6) is 23.0 Å². The van der Waals surface area contributed by atoms with Crippen molar-refractivity contribution in [2.24, 2.45) is 0 Å². The van der Waals surface area contributed by atoms with Crippen molar-refractivity contribution >= 4 is 17.7 Å². The first-order valence-electron chi connectivity index (χ1n) is 9.07. The summed E-state index contributed by atoms with van der Waals surface area (Å²) in [4.78, 5) is 14.6. The number of rotatable bonds is 6. The standard InChI is InChI=1S/C22H25NO5/c1-25-17-8-9-18-16(14-17)6-5-11-23(18)21(24)10-7-15-12-19(26-2)22(28-4)20(13-15)27-3/h7-10,12-14H,5-6,11H2,1-4H3/b10-7+. The minimum atomic E-state index is -0.0696. The minimum Gasteiger partial charge on any atom is -0.497 e. The first kappa shape index (κ1) is 19.6. The van der Waals surface area contributed by atoms with Gasteiger partial charge in [-0.05, 0) is 60.4 Å². The van der Waals surface area contributed by atoms with Crippen LogP contribution < -0.4 is 23.8 Å². The summed E-state index contributed by atoms with van der Waals surface area (Å²) in [5.74, 6) is 2.35. The van der Waals surface area contributed by atoms with Crippen molar-refractivity contribution in [1.82, 2.24) is 0 Å². The summed E-state index contributed by atoms with van der Waals surface area (Å²) in [6.45, 7) is 0.692. The number of fused-ring (bicyclic) bond motifs is 1. The van der Waals surface area contributed by atoms with E-state index in [1.807, 2.05) is 18.2 Å². The molecule has 0 saturated carbocycles. The highest BCUT2D eigenvalue weighted by Crippen LogP contribution is 2.38. The molecule has 0 fully saturated rings. The number of carbonyl (C=O) groups is 1. The highest BCUT2D eigenvalue weighted by atomic mass is 16.5. The summed E-state index contributed by atoms with van der Waals surface area (Å²) in [6, 6.07) is 9.43. The Hall–Kier alpha value is -3.15. The van der Waals surface area contributed by atoms with Crippen LogP contribution in [0.1, 0.15) is 17.5 Å². The number of hydrogen-bond acceptors (Lipinski definition) is 5. The zero-order valence-electron chi connectivity index (χ0n) is 16.7. The maximum Gasteiger partial charge on any atom is 0.250 e. The van der Waals surface area contributed by atoms with Gasteiger partial charge in [-0.25, -0.2) is 0 Å². The molecule has 0 bridgehead atoms. The molecule has 6 nitrogen and oxygen atoms in total. The Bertz CT molecular complexity index is 865. The van der Waals surface area contributed by atoms with Gasteiger partial charge in [0, 0.05) is 18.3 Å². The van der Waals surface area contributed by atoms with Gasteiger partial charge in [-0.3, -0.25) is 4.79 Å². The van der Waals surface area contributed by atoms with Gasteiger partial charge in [0.25, 0.3) is 5.91 Å².